The summed E-state index contributed by atoms with van der Waals surface area (Å²) < 4.78 is 16.6. The van der Waals surface area contributed by atoms with E-state index in [9.17, 15) is 0 Å². The summed E-state index contributed by atoms with van der Waals surface area (Å²) in [4.78, 5) is 5.55. The molecule has 1 aliphatic rings. The van der Waals surface area contributed by atoms with E-state index in [2.05, 4.69) is 30.9 Å². The number of nitrogens with zero attached hydrogens (tertiary/aromatic N) is 2. The highest BCUT2D eigenvalue weighted by Crippen LogP contribution is 2.34. The minimum absolute atomic E-state index is 0.120. The van der Waals surface area contributed by atoms with Crippen LogP contribution in [0.2, 0.25) is 0 Å². The van der Waals surface area contributed by atoms with Gasteiger partial charge in [-0.05, 0) is 18.2 Å². The zero-order valence-corrected chi connectivity index (χ0v) is 13.9. The molecule has 22 heavy (non-hydrogen) atoms. The van der Waals surface area contributed by atoms with Crippen LogP contribution in [0.1, 0.15) is 38.9 Å². The summed E-state index contributed by atoms with van der Waals surface area (Å²) in [6.45, 7) is 7.57. The Morgan fingerprint density at radius 3 is 2.64 bits per heavy atom. The van der Waals surface area contributed by atoms with Crippen LogP contribution in [0, 0.1) is 0 Å². The van der Waals surface area contributed by atoms with Gasteiger partial charge in [0.1, 0.15) is 0 Å². The van der Waals surface area contributed by atoms with Gasteiger partial charge in [-0.3, -0.25) is 0 Å². The van der Waals surface area contributed by atoms with Gasteiger partial charge in [0.2, 0.25) is 5.89 Å². The lowest BCUT2D eigenvalue weighted by atomic mass is 9.97. The van der Waals surface area contributed by atoms with Gasteiger partial charge in [0.15, 0.2) is 17.3 Å². The molecular formula is C16H20N2O3S. The Morgan fingerprint density at radius 1 is 1.14 bits per heavy atom. The van der Waals surface area contributed by atoms with Gasteiger partial charge in [0, 0.05) is 16.7 Å². The molecule has 0 fully saturated rings. The first-order valence-corrected chi connectivity index (χ1v) is 8.36. The van der Waals surface area contributed by atoms with Gasteiger partial charge in [0.25, 0.3) is 0 Å². The van der Waals surface area contributed by atoms with Gasteiger partial charge in [-0.15, -0.1) is 11.8 Å². The van der Waals surface area contributed by atoms with Crippen LogP contribution in [-0.4, -0.2) is 23.4 Å². The van der Waals surface area contributed by atoms with E-state index in [1.54, 1.807) is 11.8 Å². The third kappa shape index (κ3) is 3.55. The van der Waals surface area contributed by atoms with Gasteiger partial charge < -0.3 is 14.0 Å². The van der Waals surface area contributed by atoms with Gasteiger partial charge in [-0.2, -0.15) is 4.98 Å². The minimum Gasteiger partial charge on any atom is -0.490 e. The minimum atomic E-state index is -0.120. The van der Waals surface area contributed by atoms with E-state index in [1.165, 1.54) is 0 Å². The van der Waals surface area contributed by atoms with Gasteiger partial charge >= 0.3 is 0 Å². The first-order chi connectivity index (χ1) is 10.5. The molecule has 118 valence electrons. The number of fused-ring (bicyclic) bond motifs is 1. The zero-order valence-electron chi connectivity index (χ0n) is 13.1. The lowest BCUT2D eigenvalue weighted by molar-refractivity contribution is 0.297. The first kappa shape index (κ1) is 15.2. The maximum Gasteiger partial charge on any atom is 0.232 e. The fourth-order valence-corrected chi connectivity index (χ4v) is 2.77. The highest BCUT2D eigenvalue weighted by molar-refractivity contribution is 7.98. The molecule has 0 amide bonds. The Balaban J connectivity index is 1.66. The van der Waals surface area contributed by atoms with Gasteiger partial charge in [0.05, 0.1) is 19.0 Å². The van der Waals surface area contributed by atoms with Crippen LogP contribution in [0.3, 0.4) is 0 Å². The van der Waals surface area contributed by atoms with Crippen LogP contribution in [0.4, 0.5) is 0 Å². The molecule has 0 spiro atoms. The highest BCUT2D eigenvalue weighted by atomic mass is 32.2. The standard InChI is InChI=1S/C16H20N2O3S/c1-16(2,3)15-17-14(18-21-15)10-22-11-5-6-12-13(9-11)20-8-4-7-19-12/h5-6,9H,4,7-8,10H2,1-3H3. The van der Waals surface area contributed by atoms with Crippen molar-refractivity contribution in [3.05, 3.63) is 29.9 Å². The Kier molecular flexibility index (Phi) is 4.29. The number of thioether (sulfide) groups is 1. The Hall–Kier alpha value is -1.69. The van der Waals surface area contributed by atoms with Crippen molar-refractivity contribution in [2.75, 3.05) is 13.2 Å². The smallest absolute Gasteiger partial charge is 0.232 e. The molecule has 0 unspecified atom stereocenters. The van der Waals surface area contributed by atoms with Crippen molar-refractivity contribution < 1.29 is 14.0 Å². The largest absolute Gasteiger partial charge is 0.490 e. The van der Waals surface area contributed by atoms with Crippen LogP contribution in [0.15, 0.2) is 27.6 Å². The molecule has 1 aliphatic heterocycles. The van der Waals surface area contributed by atoms with E-state index in [0.717, 1.165) is 22.8 Å². The van der Waals surface area contributed by atoms with Crippen molar-refractivity contribution in [3.8, 4) is 11.5 Å². The number of hydrogen-bond donors (Lipinski definition) is 0. The predicted octanol–water partition coefficient (Wildman–Crippen LogP) is 3.82. The van der Waals surface area contributed by atoms with Crippen molar-refractivity contribution in [1.29, 1.82) is 0 Å². The molecule has 0 radical (unpaired) electrons. The number of benzene rings is 1. The van der Waals surface area contributed by atoms with Crippen LogP contribution in [0.25, 0.3) is 0 Å². The van der Waals surface area contributed by atoms with Crippen LogP contribution in [-0.2, 0) is 11.2 Å². The fraction of sp³-hybridized carbons (Fsp3) is 0.500. The second kappa shape index (κ2) is 6.20. The Labute approximate surface area is 134 Å². The van der Waals surface area contributed by atoms with E-state index in [4.69, 9.17) is 14.0 Å². The van der Waals surface area contributed by atoms with Crippen molar-refractivity contribution >= 4 is 11.8 Å². The molecule has 0 atom stereocenters. The zero-order chi connectivity index (χ0) is 15.6. The second-order valence-corrected chi connectivity index (χ2v) is 7.26. The first-order valence-electron chi connectivity index (χ1n) is 7.38. The normalized spacial score (nSPS) is 14.7. The highest BCUT2D eigenvalue weighted by Gasteiger charge is 2.21. The summed E-state index contributed by atoms with van der Waals surface area (Å²) in [6, 6.07) is 6.00. The van der Waals surface area contributed by atoms with E-state index in [-0.39, 0.29) is 5.41 Å². The number of hydrogen-bond acceptors (Lipinski definition) is 6. The second-order valence-electron chi connectivity index (χ2n) is 6.21. The summed E-state index contributed by atoms with van der Waals surface area (Å²) in [6.07, 6.45) is 0.912. The van der Waals surface area contributed by atoms with E-state index < -0.39 is 0 Å². The van der Waals surface area contributed by atoms with Crippen LogP contribution < -0.4 is 9.47 Å². The third-order valence-electron chi connectivity index (χ3n) is 3.20. The topological polar surface area (TPSA) is 57.4 Å². The molecule has 1 aromatic heterocycles. The lowest BCUT2D eigenvalue weighted by Crippen LogP contribution is -2.11. The molecular weight excluding hydrogens is 300 g/mol. The monoisotopic (exact) mass is 320 g/mol. The summed E-state index contributed by atoms with van der Waals surface area (Å²) in [7, 11) is 0. The van der Waals surface area contributed by atoms with Gasteiger partial charge in [-0.1, -0.05) is 25.9 Å². The molecule has 2 heterocycles. The summed E-state index contributed by atoms with van der Waals surface area (Å²) >= 11 is 1.66. The fourth-order valence-electron chi connectivity index (χ4n) is 2.00. The van der Waals surface area contributed by atoms with Crippen LogP contribution in [0.5, 0.6) is 11.5 Å². The molecule has 0 N–H and O–H groups in total. The number of aromatic nitrogens is 2. The average Bonchev–Trinajstić information content (AvgIpc) is 2.84. The molecule has 0 bridgehead atoms. The van der Waals surface area contributed by atoms with E-state index in [0.29, 0.717) is 30.7 Å². The maximum atomic E-state index is 5.70. The lowest BCUT2D eigenvalue weighted by Gasteiger charge is -2.10. The average molecular weight is 320 g/mol. The SMILES string of the molecule is CC(C)(C)c1nc(CSc2ccc3c(c2)OCCCO3)no1. The van der Waals surface area contributed by atoms with Crippen molar-refractivity contribution in [2.24, 2.45) is 0 Å². The van der Waals surface area contributed by atoms with E-state index in [1.807, 2.05) is 18.2 Å². The van der Waals surface area contributed by atoms with Crippen molar-refractivity contribution in [1.82, 2.24) is 10.1 Å². The maximum absolute atomic E-state index is 5.70. The molecule has 6 heteroatoms. The Morgan fingerprint density at radius 2 is 1.91 bits per heavy atom. The van der Waals surface area contributed by atoms with Crippen molar-refractivity contribution in [2.45, 2.75) is 43.3 Å². The van der Waals surface area contributed by atoms with Gasteiger partial charge in [-0.25, -0.2) is 0 Å². The van der Waals surface area contributed by atoms with Crippen molar-refractivity contribution in [3.63, 3.8) is 0 Å². The summed E-state index contributed by atoms with van der Waals surface area (Å²) in [5.41, 5.74) is -0.120. The predicted molar refractivity (Wildman–Crippen MR) is 84.6 cm³/mol. The summed E-state index contributed by atoms with van der Waals surface area (Å²) in [5.74, 6) is 3.67. The Bertz CT molecular complexity index is 649. The molecule has 0 aliphatic carbocycles. The molecule has 2 aromatic rings. The quantitative estimate of drug-likeness (QED) is 0.801. The molecule has 1 aromatic carbocycles. The number of rotatable bonds is 3. The molecule has 0 saturated carbocycles. The van der Waals surface area contributed by atoms with Crippen LogP contribution >= 0.6 is 11.8 Å². The molecule has 5 nitrogen and oxygen atoms in total. The molecule has 0 saturated heterocycles. The van der Waals surface area contributed by atoms with E-state index >= 15 is 0 Å². The summed E-state index contributed by atoms with van der Waals surface area (Å²) in [5, 5.41) is 4.04. The third-order valence-corrected chi connectivity index (χ3v) is 4.19. The number of ether oxygens (including phenoxy) is 2. The molecule has 3 rings (SSSR count).